The molecule has 1 aromatic heterocycles. The largest absolute Gasteiger partial charge is 0.405 e. The Kier molecular flexibility index (Phi) is 8.02. The van der Waals surface area contributed by atoms with Crippen LogP contribution in [-0.2, 0) is 6.54 Å². The quantitative estimate of drug-likeness (QED) is 0.466. The van der Waals surface area contributed by atoms with Crippen LogP contribution in [0.5, 0.6) is 0 Å². The molecule has 0 radical (unpaired) electrons. The van der Waals surface area contributed by atoms with Crippen molar-refractivity contribution in [1.82, 2.24) is 14.7 Å². The third-order valence-electron chi connectivity index (χ3n) is 5.07. The molecule has 0 spiro atoms. The molecule has 0 aliphatic rings. The van der Waals surface area contributed by atoms with E-state index >= 15 is 0 Å². The molecule has 0 saturated heterocycles. The molecule has 9 heteroatoms. The second-order valence-electron chi connectivity index (χ2n) is 7.28. The van der Waals surface area contributed by atoms with Crippen LogP contribution in [0.15, 0.2) is 72.5 Å². The Morgan fingerprint density at radius 2 is 1.94 bits per heavy atom. The fraction of sp³-hybridized carbons (Fsp3) is 0.160. The average Bonchev–Trinajstić information content (AvgIpc) is 3.30. The first-order valence-corrected chi connectivity index (χ1v) is 10.5. The number of aliphatic imine (C=N–C) groups is 1. The zero-order chi connectivity index (χ0) is 24.7. The zero-order valence-corrected chi connectivity index (χ0v) is 18.6. The van der Waals surface area contributed by atoms with E-state index in [1.165, 1.54) is 36.7 Å². The summed E-state index contributed by atoms with van der Waals surface area (Å²) in [6, 6.07) is 9.10. The number of likely N-dealkylation sites (N-methyl/N-ethyl adjacent to an activating group) is 1. The summed E-state index contributed by atoms with van der Waals surface area (Å²) >= 11 is 0. The average molecular weight is 467 g/mol. The lowest BCUT2D eigenvalue weighted by Gasteiger charge is -2.22. The van der Waals surface area contributed by atoms with E-state index in [4.69, 9.17) is 5.73 Å². The van der Waals surface area contributed by atoms with Gasteiger partial charge in [-0.3, -0.25) is 14.5 Å². The lowest BCUT2D eigenvalue weighted by atomic mass is 10.0. The number of allylic oxidation sites excluding steroid dienone is 1. The van der Waals surface area contributed by atoms with Crippen molar-refractivity contribution in [2.75, 3.05) is 13.1 Å². The molecule has 0 unspecified atom stereocenters. The van der Waals surface area contributed by atoms with E-state index < -0.39 is 17.5 Å². The van der Waals surface area contributed by atoms with E-state index in [-0.39, 0.29) is 18.0 Å². The highest BCUT2D eigenvalue weighted by Gasteiger charge is 2.20. The van der Waals surface area contributed by atoms with Crippen molar-refractivity contribution in [2.45, 2.75) is 13.5 Å². The maximum atomic E-state index is 14.0. The summed E-state index contributed by atoms with van der Waals surface area (Å²) in [6.45, 7) is 6.67. The molecule has 1 amide bonds. The number of benzene rings is 2. The van der Waals surface area contributed by atoms with Crippen LogP contribution in [0.2, 0.25) is 0 Å². The number of halogens is 3. The van der Waals surface area contributed by atoms with Crippen LogP contribution < -0.4 is 5.73 Å². The fourth-order valence-corrected chi connectivity index (χ4v) is 3.29. The van der Waals surface area contributed by atoms with Crippen molar-refractivity contribution in [3.05, 3.63) is 96.1 Å². The summed E-state index contributed by atoms with van der Waals surface area (Å²) in [5.41, 5.74) is 7.04. The minimum absolute atomic E-state index is 0.142. The molecule has 2 aromatic carbocycles. The molecule has 176 valence electrons. The molecule has 3 aromatic rings. The van der Waals surface area contributed by atoms with Gasteiger partial charge >= 0.3 is 0 Å². The van der Waals surface area contributed by atoms with Crippen LogP contribution >= 0.6 is 0 Å². The highest BCUT2D eigenvalue weighted by atomic mass is 19.2. The number of carbonyl (C=O) groups is 1. The van der Waals surface area contributed by atoms with Crippen molar-refractivity contribution in [3.63, 3.8) is 0 Å². The predicted molar refractivity (Wildman–Crippen MR) is 126 cm³/mol. The van der Waals surface area contributed by atoms with Gasteiger partial charge in [0.05, 0.1) is 23.5 Å². The number of hydrogen-bond donors (Lipinski definition) is 1. The van der Waals surface area contributed by atoms with Crippen LogP contribution in [0.3, 0.4) is 0 Å². The molecule has 0 aliphatic carbocycles. The molecule has 34 heavy (non-hydrogen) atoms. The molecule has 0 saturated carbocycles. The van der Waals surface area contributed by atoms with Crippen molar-refractivity contribution in [1.29, 1.82) is 0 Å². The van der Waals surface area contributed by atoms with Gasteiger partial charge in [-0.2, -0.15) is 5.10 Å². The van der Waals surface area contributed by atoms with Crippen LogP contribution in [0.1, 0.15) is 22.8 Å². The number of nitrogens with zero attached hydrogens (tertiary/aromatic N) is 4. The maximum Gasteiger partial charge on any atom is 0.254 e. The maximum absolute atomic E-state index is 14.0. The SMILES string of the molecule is C=C(/N=C\C=C/N)c1ccc(F)cc1C(=O)N(CC)CCn1ccc(-c2ccc(F)c(F)c2)n1. The first kappa shape index (κ1) is 24.5. The van der Waals surface area contributed by atoms with Crippen molar-refractivity contribution in [3.8, 4) is 11.3 Å². The van der Waals surface area contributed by atoms with Crippen LogP contribution in [-0.4, -0.2) is 39.9 Å². The molecule has 0 bridgehead atoms. The van der Waals surface area contributed by atoms with E-state index in [2.05, 4.69) is 16.7 Å². The van der Waals surface area contributed by atoms with Crippen molar-refractivity contribution >= 4 is 17.8 Å². The van der Waals surface area contributed by atoms with Gasteiger partial charge in [0.1, 0.15) is 5.82 Å². The van der Waals surface area contributed by atoms with Gasteiger partial charge < -0.3 is 10.6 Å². The van der Waals surface area contributed by atoms with E-state index in [0.29, 0.717) is 35.6 Å². The molecule has 0 aliphatic heterocycles. The summed E-state index contributed by atoms with van der Waals surface area (Å²) < 4.78 is 42.3. The molecule has 0 fully saturated rings. The van der Waals surface area contributed by atoms with Gasteiger partial charge in [-0.25, -0.2) is 13.2 Å². The molecule has 6 nitrogen and oxygen atoms in total. The molecule has 2 N–H and O–H groups in total. The van der Waals surface area contributed by atoms with E-state index in [0.717, 1.165) is 18.2 Å². The lowest BCUT2D eigenvalue weighted by Crippen LogP contribution is -2.34. The van der Waals surface area contributed by atoms with Crippen molar-refractivity contribution in [2.24, 2.45) is 10.7 Å². The number of amides is 1. The normalized spacial score (nSPS) is 11.4. The Balaban J connectivity index is 1.76. The Labute approximate surface area is 195 Å². The number of rotatable bonds is 9. The van der Waals surface area contributed by atoms with Gasteiger partial charge in [0.15, 0.2) is 11.6 Å². The summed E-state index contributed by atoms with van der Waals surface area (Å²) in [7, 11) is 0. The van der Waals surface area contributed by atoms with Crippen molar-refractivity contribution < 1.29 is 18.0 Å². The van der Waals surface area contributed by atoms with Gasteiger partial charge in [0.25, 0.3) is 5.91 Å². The third kappa shape index (κ3) is 5.80. The van der Waals surface area contributed by atoms with Gasteiger partial charge in [-0.05, 0) is 61.7 Å². The van der Waals surface area contributed by atoms with Gasteiger partial charge in [0.2, 0.25) is 0 Å². The highest BCUT2D eigenvalue weighted by molar-refractivity contribution is 5.99. The Hall–Kier alpha value is -4.14. The number of hydrogen-bond acceptors (Lipinski definition) is 4. The monoisotopic (exact) mass is 467 g/mol. The van der Waals surface area contributed by atoms with Gasteiger partial charge in [0, 0.05) is 36.6 Å². The molecular formula is C25H24F3N5O. The predicted octanol–water partition coefficient (Wildman–Crippen LogP) is 4.64. The zero-order valence-electron chi connectivity index (χ0n) is 18.6. The summed E-state index contributed by atoms with van der Waals surface area (Å²) in [6.07, 6.45) is 5.93. The number of aromatic nitrogens is 2. The van der Waals surface area contributed by atoms with Crippen LogP contribution in [0.4, 0.5) is 13.2 Å². The van der Waals surface area contributed by atoms with E-state index in [9.17, 15) is 18.0 Å². The van der Waals surface area contributed by atoms with Crippen LogP contribution in [0.25, 0.3) is 17.0 Å². The fourth-order valence-electron chi connectivity index (χ4n) is 3.29. The minimum Gasteiger partial charge on any atom is -0.405 e. The number of nitrogens with two attached hydrogens (primary N) is 1. The Bertz CT molecular complexity index is 1250. The summed E-state index contributed by atoms with van der Waals surface area (Å²) in [5.74, 6) is -2.81. The topological polar surface area (TPSA) is 76.5 Å². The minimum atomic E-state index is -0.953. The Morgan fingerprint density at radius 3 is 2.65 bits per heavy atom. The Morgan fingerprint density at radius 1 is 1.15 bits per heavy atom. The molecule has 0 atom stereocenters. The second kappa shape index (κ2) is 11.1. The van der Waals surface area contributed by atoms with Gasteiger partial charge in [-0.1, -0.05) is 6.58 Å². The second-order valence-corrected chi connectivity index (χ2v) is 7.28. The summed E-state index contributed by atoms with van der Waals surface area (Å²) in [4.78, 5) is 18.9. The molecule has 3 rings (SSSR count). The van der Waals surface area contributed by atoms with E-state index in [1.54, 1.807) is 21.8 Å². The third-order valence-corrected chi connectivity index (χ3v) is 5.07. The molecule has 1 heterocycles. The standard InChI is InChI=1S/C25H24F3N5O/c1-3-32(13-14-33-12-9-24(31-33)18-5-8-22(27)23(28)15-18)25(34)21-16-19(26)6-7-20(21)17(2)30-11-4-10-29/h4-12,15-16H,2-3,13-14,29H2,1H3/b10-4-,30-11-. The molecular weight excluding hydrogens is 443 g/mol. The highest BCUT2D eigenvalue weighted by Crippen LogP contribution is 2.22. The summed E-state index contributed by atoms with van der Waals surface area (Å²) in [5, 5.41) is 4.37. The first-order chi connectivity index (χ1) is 16.3. The van der Waals surface area contributed by atoms with Gasteiger partial charge in [-0.15, -0.1) is 0 Å². The number of carbonyl (C=O) groups excluding carboxylic acids is 1. The van der Waals surface area contributed by atoms with E-state index in [1.807, 2.05) is 6.92 Å². The first-order valence-electron chi connectivity index (χ1n) is 10.5. The lowest BCUT2D eigenvalue weighted by molar-refractivity contribution is 0.0756. The smallest absolute Gasteiger partial charge is 0.254 e. The van der Waals surface area contributed by atoms with Crippen LogP contribution in [0, 0.1) is 17.5 Å².